The minimum Gasteiger partial charge on any atom is -0.481 e. The second kappa shape index (κ2) is 6.99. The van der Waals surface area contributed by atoms with Gasteiger partial charge in [0.25, 0.3) is 0 Å². The average molecular weight is 357 g/mol. The molecule has 0 aliphatic carbocycles. The molecule has 1 aromatic heterocycles. The molecule has 0 bridgehead atoms. The van der Waals surface area contributed by atoms with Crippen molar-refractivity contribution in [1.29, 1.82) is 0 Å². The number of carboxylic acids is 1. The van der Waals surface area contributed by atoms with Gasteiger partial charge in [0.1, 0.15) is 5.82 Å². The number of carbonyl (C=O) groups is 1. The van der Waals surface area contributed by atoms with Crippen LogP contribution in [0.3, 0.4) is 0 Å². The maximum Gasteiger partial charge on any atom is 0.308 e. The van der Waals surface area contributed by atoms with E-state index in [1.165, 1.54) is 0 Å². The van der Waals surface area contributed by atoms with Crippen LogP contribution >= 0.6 is 0 Å². The Kier molecular flexibility index (Phi) is 4.55. The standard InChI is InChI=1S/C19H23N3O4/c1-2-6-22-7-5-20-18(22)11-21-9-14(15(10-21)19(23)24)13-3-4-16-17(8-13)26-12-25-16/h3-5,7-8,14-15H,2,6,9-12H2,1H3,(H,23,24)/t14-,15+/m1/s1. The minimum absolute atomic E-state index is 0.0726. The summed E-state index contributed by atoms with van der Waals surface area (Å²) >= 11 is 0. The first kappa shape index (κ1) is 16.9. The molecule has 26 heavy (non-hydrogen) atoms. The highest BCUT2D eigenvalue weighted by Gasteiger charge is 2.39. The summed E-state index contributed by atoms with van der Waals surface area (Å²) in [5, 5.41) is 9.72. The number of aromatic nitrogens is 2. The zero-order valence-electron chi connectivity index (χ0n) is 14.8. The Bertz CT molecular complexity index is 804. The van der Waals surface area contributed by atoms with Crippen molar-refractivity contribution in [2.24, 2.45) is 5.92 Å². The van der Waals surface area contributed by atoms with E-state index in [9.17, 15) is 9.90 Å². The summed E-state index contributed by atoms with van der Waals surface area (Å²) in [6.45, 7) is 5.16. The van der Waals surface area contributed by atoms with Crippen LogP contribution in [0.15, 0.2) is 30.6 Å². The van der Waals surface area contributed by atoms with Gasteiger partial charge < -0.3 is 19.1 Å². The highest BCUT2D eigenvalue weighted by molar-refractivity contribution is 5.72. The van der Waals surface area contributed by atoms with Gasteiger partial charge >= 0.3 is 5.97 Å². The molecular weight excluding hydrogens is 334 g/mol. The second-order valence-electron chi connectivity index (χ2n) is 6.89. The van der Waals surface area contributed by atoms with Crippen molar-refractivity contribution in [2.45, 2.75) is 32.4 Å². The van der Waals surface area contributed by atoms with E-state index in [0.717, 1.165) is 30.1 Å². The lowest BCUT2D eigenvalue weighted by atomic mass is 9.89. The molecule has 1 saturated heterocycles. The topological polar surface area (TPSA) is 76.8 Å². The number of rotatable bonds is 6. The fourth-order valence-corrected chi connectivity index (χ4v) is 3.88. The van der Waals surface area contributed by atoms with Crippen molar-refractivity contribution in [3.05, 3.63) is 42.0 Å². The molecule has 0 spiro atoms. The number of hydrogen-bond acceptors (Lipinski definition) is 5. The molecule has 2 aliphatic rings. The molecule has 2 aromatic rings. The van der Waals surface area contributed by atoms with Crippen LogP contribution in [0.25, 0.3) is 0 Å². The summed E-state index contributed by atoms with van der Waals surface area (Å²) in [6.07, 6.45) is 4.84. The van der Waals surface area contributed by atoms with Gasteiger partial charge in [-0.05, 0) is 24.1 Å². The number of imidazole rings is 1. The Morgan fingerprint density at radius 2 is 2.15 bits per heavy atom. The molecule has 0 amide bonds. The monoisotopic (exact) mass is 357 g/mol. The number of hydrogen-bond donors (Lipinski definition) is 1. The van der Waals surface area contributed by atoms with Crippen molar-refractivity contribution in [3.63, 3.8) is 0 Å². The van der Waals surface area contributed by atoms with Gasteiger partial charge in [-0.25, -0.2) is 4.98 Å². The van der Waals surface area contributed by atoms with Crippen LogP contribution < -0.4 is 9.47 Å². The largest absolute Gasteiger partial charge is 0.481 e. The first-order valence-corrected chi connectivity index (χ1v) is 9.00. The van der Waals surface area contributed by atoms with Gasteiger partial charge in [-0.1, -0.05) is 13.0 Å². The highest BCUT2D eigenvalue weighted by atomic mass is 16.7. The SMILES string of the molecule is CCCn1ccnc1CN1C[C@H](C(=O)O)[C@@H](c2ccc3c(c2)OCO3)C1. The Labute approximate surface area is 152 Å². The van der Waals surface area contributed by atoms with Crippen LogP contribution in [-0.2, 0) is 17.9 Å². The number of aryl methyl sites for hydroxylation is 1. The average Bonchev–Trinajstić information content (AvgIpc) is 3.34. The fourth-order valence-electron chi connectivity index (χ4n) is 3.88. The van der Waals surface area contributed by atoms with Crippen LogP contribution in [0, 0.1) is 5.92 Å². The van der Waals surface area contributed by atoms with Crippen LogP contribution in [0.4, 0.5) is 0 Å². The van der Waals surface area contributed by atoms with Crippen LogP contribution in [-0.4, -0.2) is 45.4 Å². The molecule has 1 aromatic carbocycles. The number of fused-ring (bicyclic) bond motifs is 1. The van der Waals surface area contributed by atoms with Crippen molar-refractivity contribution >= 4 is 5.97 Å². The first-order chi connectivity index (χ1) is 12.7. The quantitative estimate of drug-likeness (QED) is 0.855. The van der Waals surface area contributed by atoms with Crippen molar-refractivity contribution in [1.82, 2.24) is 14.5 Å². The smallest absolute Gasteiger partial charge is 0.308 e. The number of likely N-dealkylation sites (tertiary alicyclic amines) is 1. The number of nitrogens with zero attached hydrogens (tertiary/aromatic N) is 3. The summed E-state index contributed by atoms with van der Waals surface area (Å²) in [4.78, 5) is 18.5. The summed E-state index contributed by atoms with van der Waals surface area (Å²) < 4.78 is 13.0. The van der Waals surface area contributed by atoms with Gasteiger partial charge in [0.2, 0.25) is 6.79 Å². The van der Waals surface area contributed by atoms with E-state index < -0.39 is 11.9 Å². The van der Waals surface area contributed by atoms with Crippen molar-refractivity contribution in [3.8, 4) is 11.5 Å². The van der Waals surface area contributed by atoms with E-state index in [0.29, 0.717) is 25.4 Å². The number of ether oxygens (including phenoxy) is 2. The third kappa shape index (κ3) is 3.14. The molecule has 7 heteroatoms. The lowest BCUT2D eigenvalue weighted by Gasteiger charge is -2.17. The maximum atomic E-state index is 11.8. The number of benzene rings is 1. The molecule has 2 aliphatic heterocycles. The molecular formula is C19H23N3O4. The predicted octanol–water partition coefficient (Wildman–Crippen LogP) is 2.32. The molecule has 7 nitrogen and oxygen atoms in total. The summed E-state index contributed by atoms with van der Waals surface area (Å²) in [7, 11) is 0. The molecule has 1 fully saturated rings. The van der Waals surface area contributed by atoms with E-state index in [2.05, 4.69) is 21.4 Å². The van der Waals surface area contributed by atoms with Crippen molar-refractivity contribution < 1.29 is 19.4 Å². The highest BCUT2D eigenvalue weighted by Crippen LogP contribution is 2.39. The van der Waals surface area contributed by atoms with E-state index in [1.807, 2.05) is 30.6 Å². The van der Waals surface area contributed by atoms with Gasteiger partial charge in [-0.3, -0.25) is 9.69 Å². The Morgan fingerprint density at radius 3 is 2.96 bits per heavy atom. The zero-order valence-corrected chi connectivity index (χ0v) is 14.8. The maximum absolute atomic E-state index is 11.8. The van der Waals surface area contributed by atoms with E-state index >= 15 is 0 Å². The Balaban J connectivity index is 1.53. The Morgan fingerprint density at radius 1 is 1.31 bits per heavy atom. The first-order valence-electron chi connectivity index (χ1n) is 9.00. The molecule has 0 radical (unpaired) electrons. The molecule has 1 N–H and O–H groups in total. The van der Waals surface area contributed by atoms with Gasteiger partial charge in [0, 0.05) is 37.9 Å². The van der Waals surface area contributed by atoms with Crippen LogP contribution in [0.1, 0.15) is 30.7 Å². The molecule has 3 heterocycles. The molecule has 4 rings (SSSR count). The van der Waals surface area contributed by atoms with Gasteiger partial charge in [-0.2, -0.15) is 0 Å². The van der Waals surface area contributed by atoms with E-state index in [4.69, 9.17) is 9.47 Å². The number of carboxylic acid groups (broad SMARTS) is 1. The Hall–Kier alpha value is -2.54. The van der Waals surface area contributed by atoms with Crippen LogP contribution in [0.5, 0.6) is 11.5 Å². The molecule has 0 saturated carbocycles. The predicted molar refractivity (Wildman–Crippen MR) is 94.2 cm³/mol. The van der Waals surface area contributed by atoms with Crippen molar-refractivity contribution in [2.75, 3.05) is 19.9 Å². The lowest BCUT2D eigenvalue weighted by Crippen LogP contribution is -2.24. The normalized spacial score (nSPS) is 22.0. The van der Waals surface area contributed by atoms with E-state index in [1.54, 1.807) is 0 Å². The lowest BCUT2D eigenvalue weighted by molar-refractivity contribution is -0.141. The van der Waals surface area contributed by atoms with E-state index in [-0.39, 0.29) is 12.7 Å². The summed E-state index contributed by atoms with van der Waals surface area (Å²) in [5.74, 6) is 1.14. The van der Waals surface area contributed by atoms with Crippen LogP contribution in [0.2, 0.25) is 0 Å². The fraction of sp³-hybridized carbons (Fsp3) is 0.474. The van der Waals surface area contributed by atoms with Gasteiger partial charge in [0.15, 0.2) is 11.5 Å². The number of aliphatic carboxylic acids is 1. The second-order valence-corrected chi connectivity index (χ2v) is 6.89. The van der Waals surface area contributed by atoms with Gasteiger partial charge in [-0.15, -0.1) is 0 Å². The third-order valence-electron chi connectivity index (χ3n) is 5.17. The third-order valence-corrected chi connectivity index (χ3v) is 5.17. The molecule has 0 unspecified atom stereocenters. The zero-order chi connectivity index (χ0) is 18.1. The molecule has 138 valence electrons. The van der Waals surface area contributed by atoms with Gasteiger partial charge in [0.05, 0.1) is 12.5 Å². The summed E-state index contributed by atoms with van der Waals surface area (Å²) in [6, 6.07) is 5.74. The molecule has 2 atom stereocenters. The minimum atomic E-state index is -0.757. The summed E-state index contributed by atoms with van der Waals surface area (Å²) in [5.41, 5.74) is 0.987.